The Morgan fingerprint density at radius 3 is 2.59 bits per heavy atom. The topological polar surface area (TPSA) is 9.23 Å². The van der Waals surface area contributed by atoms with E-state index in [1.807, 2.05) is 42.5 Å². The van der Waals surface area contributed by atoms with E-state index in [9.17, 15) is 0 Å². The highest BCUT2D eigenvalue weighted by molar-refractivity contribution is 5.38. The van der Waals surface area contributed by atoms with Crippen LogP contribution in [-0.4, -0.2) is 6.61 Å². The van der Waals surface area contributed by atoms with Crippen LogP contribution in [0.25, 0.3) is 0 Å². The molecule has 0 unspecified atom stereocenters. The van der Waals surface area contributed by atoms with E-state index < -0.39 is 0 Å². The Morgan fingerprint density at radius 1 is 1.00 bits per heavy atom. The average Bonchev–Trinajstić information content (AvgIpc) is 2.40. The Hall–Kier alpha value is -2.20. The first kappa shape index (κ1) is 11.3. The van der Waals surface area contributed by atoms with Crippen molar-refractivity contribution in [1.29, 1.82) is 0 Å². The van der Waals surface area contributed by atoms with Crippen LogP contribution in [0.4, 0.5) is 0 Å². The third kappa shape index (κ3) is 3.39. The van der Waals surface area contributed by atoms with Gasteiger partial charge in [-0.25, -0.2) is 0 Å². The fourth-order valence-electron chi connectivity index (χ4n) is 1.61. The predicted octanol–water partition coefficient (Wildman–Crippen LogP) is 3.29. The fraction of sp³-hybridized carbons (Fsp3) is 0.125. The first-order valence-electron chi connectivity index (χ1n) is 5.62. The molecule has 2 rings (SSSR count). The molecule has 0 aliphatic rings. The van der Waals surface area contributed by atoms with Gasteiger partial charge >= 0.3 is 0 Å². The van der Waals surface area contributed by atoms with Crippen molar-refractivity contribution in [3.8, 4) is 18.1 Å². The van der Waals surface area contributed by atoms with Gasteiger partial charge in [0, 0.05) is 12.0 Å². The van der Waals surface area contributed by atoms with Crippen molar-refractivity contribution in [2.45, 2.75) is 6.42 Å². The molecule has 84 valence electrons. The summed E-state index contributed by atoms with van der Waals surface area (Å²) >= 11 is 0. The van der Waals surface area contributed by atoms with Gasteiger partial charge in [0.2, 0.25) is 0 Å². The van der Waals surface area contributed by atoms with Crippen LogP contribution in [0.1, 0.15) is 11.1 Å². The molecule has 0 bridgehead atoms. The number of benzene rings is 2. The number of ether oxygens (including phenoxy) is 1. The van der Waals surface area contributed by atoms with Crippen LogP contribution in [0.15, 0.2) is 54.6 Å². The van der Waals surface area contributed by atoms with Gasteiger partial charge in [-0.3, -0.25) is 0 Å². The van der Waals surface area contributed by atoms with E-state index in [-0.39, 0.29) is 0 Å². The van der Waals surface area contributed by atoms with Crippen LogP contribution in [0.3, 0.4) is 0 Å². The van der Waals surface area contributed by atoms with Crippen molar-refractivity contribution in [1.82, 2.24) is 0 Å². The molecule has 2 aromatic rings. The molecule has 0 radical (unpaired) electrons. The molecule has 0 N–H and O–H groups in total. The second kappa shape index (κ2) is 5.77. The summed E-state index contributed by atoms with van der Waals surface area (Å²) < 4.78 is 5.66. The Morgan fingerprint density at radius 2 is 1.82 bits per heavy atom. The summed E-state index contributed by atoms with van der Waals surface area (Å²) in [5.41, 5.74) is 2.13. The van der Waals surface area contributed by atoms with Crippen LogP contribution in [-0.2, 0) is 6.42 Å². The fourth-order valence-corrected chi connectivity index (χ4v) is 1.61. The van der Waals surface area contributed by atoms with Gasteiger partial charge in [0.05, 0.1) is 6.61 Å². The quantitative estimate of drug-likeness (QED) is 0.721. The van der Waals surface area contributed by atoms with E-state index in [0.29, 0.717) is 6.61 Å². The summed E-state index contributed by atoms with van der Waals surface area (Å²) in [6.45, 7) is 0.665. The maximum absolute atomic E-state index is 5.66. The third-order valence-corrected chi connectivity index (χ3v) is 2.50. The molecule has 1 nitrogen and oxygen atoms in total. The maximum Gasteiger partial charge on any atom is 0.120 e. The summed E-state index contributed by atoms with van der Waals surface area (Å²) in [6.07, 6.45) is 6.24. The molecule has 2 aromatic carbocycles. The summed E-state index contributed by atoms with van der Waals surface area (Å²) in [6, 6.07) is 17.9. The molecule has 0 fully saturated rings. The highest BCUT2D eigenvalue weighted by atomic mass is 16.5. The van der Waals surface area contributed by atoms with Crippen molar-refractivity contribution in [3.63, 3.8) is 0 Å². The number of hydrogen-bond donors (Lipinski definition) is 0. The van der Waals surface area contributed by atoms with Gasteiger partial charge in [0.1, 0.15) is 5.75 Å². The summed E-state index contributed by atoms with van der Waals surface area (Å²) in [4.78, 5) is 0. The zero-order valence-corrected chi connectivity index (χ0v) is 9.60. The zero-order chi connectivity index (χ0) is 11.9. The molecule has 0 amide bonds. The SMILES string of the molecule is C#Cc1cccc(OCCc2ccccc2)c1. The average molecular weight is 222 g/mol. The van der Waals surface area contributed by atoms with E-state index in [1.54, 1.807) is 0 Å². The number of hydrogen-bond acceptors (Lipinski definition) is 1. The molecule has 0 saturated heterocycles. The molecule has 0 saturated carbocycles. The number of rotatable bonds is 4. The second-order valence-electron chi connectivity index (χ2n) is 3.76. The lowest BCUT2D eigenvalue weighted by Crippen LogP contribution is -2.01. The Balaban J connectivity index is 1.88. The highest BCUT2D eigenvalue weighted by Gasteiger charge is 1.96. The smallest absolute Gasteiger partial charge is 0.120 e. The highest BCUT2D eigenvalue weighted by Crippen LogP contribution is 2.13. The Kier molecular flexibility index (Phi) is 3.83. The summed E-state index contributed by atoms with van der Waals surface area (Å²) in [5, 5.41) is 0. The van der Waals surface area contributed by atoms with Crippen LogP contribution < -0.4 is 4.74 Å². The lowest BCUT2D eigenvalue weighted by atomic mass is 10.2. The number of terminal acetylenes is 1. The minimum Gasteiger partial charge on any atom is -0.493 e. The molecular formula is C16H14O. The molecule has 17 heavy (non-hydrogen) atoms. The van der Waals surface area contributed by atoms with Gasteiger partial charge in [-0.1, -0.05) is 42.3 Å². The predicted molar refractivity (Wildman–Crippen MR) is 70.0 cm³/mol. The van der Waals surface area contributed by atoms with Crippen LogP contribution >= 0.6 is 0 Å². The van der Waals surface area contributed by atoms with E-state index in [1.165, 1.54) is 5.56 Å². The standard InChI is InChI=1S/C16H14O/c1-2-14-9-6-10-16(13-14)17-12-11-15-7-4-3-5-8-15/h1,3-10,13H,11-12H2. The summed E-state index contributed by atoms with van der Waals surface area (Å²) in [7, 11) is 0. The summed E-state index contributed by atoms with van der Waals surface area (Å²) in [5.74, 6) is 3.43. The van der Waals surface area contributed by atoms with Crippen LogP contribution in [0.5, 0.6) is 5.75 Å². The molecule has 0 aromatic heterocycles. The van der Waals surface area contributed by atoms with Crippen molar-refractivity contribution >= 4 is 0 Å². The zero-order valence-electron chi connectivity index (χ0n) is 9.60. The van der Waals surface area contributed by atoms with Gasteiger partial charge in [-0.2, -0.15) is 0 Å². The first-order valence-corrected chi connectivity index (χ1v) is 5.62. The van der Waals surface area contributed by atoms with Crippen molar-refractivity contribution in [3.05, 3.63) is 65.7 Å². The minimum absolute atomic E-state index is 0.665. The van der Waals surface area contributed by atoms with Gasteiger partial charge in [-0.05, 0) is 23.8 Å². The second-order valence-corrected chi connectivity index (χ2v) is 3.76. The van der Waals surface area contributed by atoms with Gasteiger partial charge in [0.25, 0.3) is 0 Å². The van der Waals surface area contributed by atoms with Crippen molar-refractivity contribution < 1.29 is 4.74 Å². The van der Waals surface area contributed by atoms with E-state index in [0.717, 1.165) is 17.7 Å². The molecule has 0 atom stereocenters. The lowest BCUT2D eigenvalue weighted by molar-refractivity contribution is 0.322. The molecule has 1 heteroatoms. The molecule has 0 aliphatic heterocycles. The molecule has 0 spiro atoms. The normalized spacial score (nSPS) is 9.59. The lowest BCUT2D eigenvalue weighted by Gasteiger charge is -2.06. The molecular weight excluding hydrogens is 208 g/mol. The first-order chi connectivity index (χ1) is 8.38. The van der Waals surface area contributed by atoms with Crippen molar-refractivity contribution in [2.24, 2.45) is 0 Å². The van der Waals surface area contributed by atoms with Crippen molar-refractivity contribution in [2.75, 3.05) is 6.61 Å². The maximum atomic E-state index is 5.66. The largest absolute Gasteiger partial charge is 0.493 e. The van der Waals surface area contributed by atoms with E-state index >= 15 is 0 Å². The van der Waals surface area contributed by atoms with Gasteiger partial charge in [-0.15, -0.1) is 6.42 Å². The van der Waals surface area contributed by atoms with E-state index in [2.05, 4.69) is 18.1 Å². The van der Waals surface area contributed by atoms with Gasteiger partial charge < -0.3 is 4.74 Å². The third-order valence-electron chi connectivity index (χ3n) is 2.50. The van der Waals surface area contributed by atoms with Gasteiger partial charge in [0.15, 0.2) is 0 Å². The minimum atomic E-state index is 0.665. The Labute approximate surface area is 102 Å². The van der Waals surface area contributed by atoms with E-state index in [4.69, 9.17) is 11.2 Å². The molecule has 0 aliphatic carbocycles. The molecule has 0 heterocycles. The van der Waals surface area contributed by atoms with Crippen LogP contribution in [0.2, 0.25) is 0 Å². The monoisotopic (exact) mass is 222 g/mol. The Bertz CT molecular complexity index is 509. The van der Waals surface area contributed by atoms with Crippen LogP contribution in [0, 0.1) is 12.3 Å².